The van der Waals surface area contributed by atoms with E-state index < -0.39 is 0 Å². The lowest BCUT2D eigenvalue weighted by atomic mass is 9.73. The van der Waals surface area contributed by atoms with Crippen molar-refractivity contribution >= 4 is 5.91 Å². The van der Waals surface area contributed by atoms with Crippen LogP contribution in [-0.4, -0.2) is 60.0 Å². The van der Waals surface area contributed by atoms with Gasteiger partial charge in [0.15, 0.2) is 0 Å². The third kappa shape index (κ3) is 5.54. The van der Waals surface area contributed by atoms with Crippen molar-refractivity contribution in [3.05, 3.63) is 18.0 Å². The zero-order chi connectivity index (χ0) is 17.5. The monoisotopic (exact) mass is 348 g/mol. The number of aryl methyl sites for hydroxylation is 2. The van der Waals surface area contributed by atoms with Crippen molar-refractivity contribution in [3.8, 4) is 0 Å². The largest absolute Gasteiger partial charge is 0.379 e. The highest BCUT2D eigenvalue weighted by molar-refractivity contribution is 5.75. The summed E-state index contributed by atoms with van der Waals surface area (Å²) in [5.41, 5.74) is 1.38. The van der Waals surface area contributed by atoms with E-state index in [0.717, 1.165) is 45.0 Å². The molecule has 6 nitrogen and oxygen atoms in total. The topological polar surface area (TPSA) is 59.4 Å². The maximum absolute atomic E-state index is 12.3. The SMILES string of the molecule is Cc1cnn(CCC(=O)NCC2(CN3CCOCC3)CCCCC2)c1. The molecule has 1 aliphatic carbocycles. The summed E-state index contributed by atoms with van der Waals surface area (Å²) in [6, 6.07) is 0. The molecule has 0 radical (unpaired) electrons. The summed E-state index contributed by atoms with van der Waals surface area (Å²) in [5.74, 6) is 0.139. The lowest BCUT2D eigenvalue weighted by Gasteiger charge is -2.42. The number of carbonyl (C=O) groups is 1. The van der Waals surface area contributed by atoms with E-state index in [0.29, 0.717) is 13.0 Å². The van der Waals surface area contributed by atoms with E-state index in [-0.39, 0.29) is 11.3 Å². The normalized spacial score (nSPS) is 21.2. The van der Waals surface area contributed by atoms with E-state index in [1.807, 2.05) is 24.0 Å². The summed E-state index contributed by atoms with van der Waals surface area (Å²) in [6.45, 7) is 8.29. The Balaban J connectivity index is 1.48. The molecule has 1 amide bonds. The lowest BCUT2D eigenvalue weighted by Crippen LogP contribution is -2.49. The first-order valence-corrected chi connectivity index (χ1v) is 9.71. The van der Waals surface area contributed by atoms with Crippen molar-refractivity contribution < 1.29 is 9.53 Å². The van der Waals surface area contributed by atoms with Crippen molar-refractivity contribution in [1.29, 1.82) is 0 Å². The van der Waals surface area contributed by atoms with Crippen LogP contribution in [0.3, 0.4) is 0 Å². The summed E-state index contributed by atoms with van der Waals surface area (Å²) in [4.78, 5) is 14.8. The second-order valence-electron chi connectivity index (χ2n) is 7.76. The van der Waals surface area contributed by atoms with Gasteiger partial charge in [-0.15, -0.1) is 0 Å². The molecule has 0 spiro atoms. The second kappa shape index (κ2) is 8.81. The van der Waals surface area contributed by atoms with Crippen molar-refractivity contribution in [2.75, 3.05) is 39.4 Å². The van der Waals surface area contributed by atoms with E-state index in [4.69, 9.17) is 4.74 Å². The minimum absolute atomic E-state index is 0.139. The van der Waals surface area contributed by atoms with Gasteiger partial charge in [0.1, 0.15) is 0 Å². The van der Waals surface area contributed by atoms with Crippen LogP contribution in [0.4, 0.5) is 0 Å². The summed E-state index contributed by atoms with van der Waals surface area (Å²) in [5, 5.41) is 7.47. The highest BCUT2D eigenvalue weighted by Gasteiger charge is 2.34. The Morgan fingerprint density at radius 2 is 2.04 bits per heavy atom. The molecule has 2 fully saturated rings. The van der Waals surface area contributed by atoms with Crippen LogP contribution in [0.5, 0.6) is 0 Å². The fourth-order valence-corrected chi connectivity index (χ4v) is 4.11. The lowest BCUT2D eigenvalue weighted by molar-refractivity contribution is -0.122. The zero-order valence-corrected chi connectivity index (χ0v) is 15.5. The van der Waals surface area contributed by atoms with Crippen LogP contribution < -0.4 is 5.32 Å². The number of nitrogens with zero attached hydrogens (tertiary/aromatic N) is 3. The molecule has 0 aromatic carbocycles. The maximum Gasteiger partial charge on any atom is 0.221 e. The minimum atomic E-state index is 0.139. The Labute approximate surface area is 150 Å². The van der Waals surface area contributed by atoms with Crippen LogP contribution in [0.15, 0.2) is 12.4 Å². The first kappa shape index (κ1) is 18.4. The average Bonchev–Trinajstić information content (AvgIpc) is 3.05. The molecular formula is C19H32N4O2. The second-order valence-corrected chi connectivity index (χ2v) is 7.76. The number of carbonyl (C=O) groups excluding carboxylic acids is 1. The smallest absolute Gasteiger partial charge is 0.221 e. The van der Waals surface area contributed by atoms with Gasteiger partial charge in [0.2, 0.25) is 5.91 Å². The third-order valence-electron chi connectivity index (χ3n) is 5.57. The molecule has 2 heterocycles. The summed E-state index contributed by atoms with van der Waals surface area (Å²) >= 11 is 0. The number of rotatable bonds is 7. The Morgan fingerprint density at radius 1 is 1.28 bits per heavy atom. The number of hydrogen-bond donors (Lipinski definition) is 1. The first-order chi connectivity index (χ1) is 12.2. The molecule has 1 saturated heterocycles. The van der Waals surface area contributed by atoms with E-state index in [9.17, 15) is 4.79 Å². The number of morpholine rings is 1. The predicted octanol–water partition coefficient (Wildman–Crippen LogP) is 1.98. The summed E-state index contributed by atoms with van der Waals surface area (Å²) in [7, 11) is 0. The van der Waals surface area contributed by atoms with Crippen LogP contribution >= 0.6 is 0 Å². The Kier molecular flexibility index (Phi) is 6.48. The molecule has 0 atom stereocenters. The van der Waals surface area contributed by atoms with Gasteiger partial charge in [-0.25, -0.2) is 0 Å². The molecule has 1 aromatic heterocycles. The maximum atomic E-state index is 12.3. The van der Waals surface area contributed by atoms with E-state index in [1.54, 1.807) is 0 Å². The minimum Gasteiger partial charge on any atom is -0.379 e. The van der Waals surface area contributed by atoms with Gasteiger partial charge in [-0.05, 0) is 25.3 Å². The molecule has 1 aromatic rings. The van der Waals surface area contributed by atoms with E-state index in [1.165, 1.54) is 32.1 Å². The molecule has 0 unspecified atom stereocenters. The quantitative estimate of drug-likeness (QED) is 0.819. The molecule has 140 valence electrons. The van der Waals surface area contributed by atoms with Crippen LogP contribution in [0.1, 0.15) is 44.1 Å². The molecular weight excluding hydrogens is 316 g/mol. The van der Waals surface area contributed by atoms with Crippen molar-refractivity contribution in [2.45, 2.75) is 52.0 Å². The molecule has 6 heteroatoms. The number of hydrogen-bond acceptors (Lipinski definition) is 4. The summed E-state index contributed by atoms with van der Waals surface area (Å²) < 4.78 is 7.32. The Hall–Kier alpha value is -1.40. The number of amides is 1. The predicted molar refractivity (Wildman–Crippen MR) is 97.4 cm³/mol. The highest BCUT2D eigenvalue weighted by Crippen LogP contribution is 2.36. The van der Waals surface area contributed by atoms with Gasteiger partial charge in [0, 0.05) is 50.8 Å². The molecule has 1 N–H and O–H groups in total. The number of nitrogens with one attached hydrogen (secondary N) is 1. The van der Waals surface area contributed by atoms with Crippen LogP contribution in [-0.2, 0) is 16.1 Å². The fraction of sp³-hybridized carbons (Fsp3) is 0.789. The van der Waals surface area contributed by atoms with Crippen LogP contribution in [0, 0.1) is 12.3 Å². The van der Waals surface area contributed by atoms with E-state index in [2.05, 4.69) is 15.3 Å². The average molecular weight is 348 g/mol. The molecule has 25 heavy (non-hydrogen) atoms. The zero-order valence-electron chi connectivity index (χ0n) is 15.5. The van der Waals surface area contributed by atoms with E-state index >= 15 is 0 Å². The van der Waals surface area contributed by atoms with Crippen molar-refractivity contribution in [2.24, 2.45) is 5.41 Å². The Morgan fingerprint density at radius 3 is 2.72 bits per heavy atom. The number of ether oxygens (including phenoxy) is 1. The number of aromatic nitrogens is 2. The summed E-state index contributed by atoms with van der Waals surface area (Å²) in [6.07, 6.45) is 10.7. The van der Waals surface area contributed by atoms with Crippen molar-refractivity contribution in [1.82, 2.24) is 20.0 Å². The molecule has 1 aliphatic heterocycles. The standard InChI is InChI=1S/C19H32N4O2/c1-17-13-21-23(14-17)8-5-18(24)20-15-19(6-3-2-4-7-19)16-22-9-11-25-12-10-22/h13-14H,2-12,15-16H2,1H3,(H,20,24). The third-order valence-corrected chi connectivity index (χ3v) is 5.57. The molecule has 2 aliphatic rings. The highest BCUT2D eigenvalue weighted by atomic mass is 16.5. The van der Waals surface area contributed by atoms with Gasteiger partial charge in [-0.2, -0.15) is 5.10 Å². The molecule has 3 rings (SSSR count). The van der Waals surface area contributed by atoms with Gasteiger partial charge < -0.3 is 10.1 Å². The Bertz CT molecular complexity index is 545. The molecule has 0 bridgehead atoms. The van der Waals surface area contributed by atoms with Gasteiger partial charge >= 0.3 is 0 Å². The van der Waals surface area contributed by atoms with Crippen LogP contribution in [0.2, 0.25) is 0 Å². The fourth-order valence-electron chi connectivity index (χ4n) is 4.11. The molecule has 1 saturated carbocycles. The first-order valence-electron chi connectivity index (χ1n) is 9.71. The van der Waals surface area contributed by atoms with Gasteiger partial charge in [0.25, 0.3) is 0 Å². The van der Waals surface area contributed by atoms with Gasteiger partial charge in [-0.3, -0.25) is 14.4 Å². The van der Waals surface area contributed by atoms with Crippen LogP contribution in [0.25, 0.3) is 0 Å². The van der Waals surface area contributed by atoms with Gasteiger partial charge in [-0.1, -0.05) is 19.3 Å². The van der Waals surface area contributed by atoms with Gasteiger partial charge in [0.05, 0.1) is 19.4 Å². The van der Waals surface area contributed by atoms with Crippen molar-refractivity contribution in [3.63, 3.8) is 0 Å².